The van der Waals surface area contributed by atoms with Crippen LogP contribution in [0.3, 0.4) is 0 Å². The normalized spacial score (nSPS) is 21.3. The van der Waals surface area contributed by atoms with E-state index < -0.39 is 12.2 Å². The van der Waals surface area contributed by atoms with E-state index in [1.54, 1.807) is 4.90 Å². The van der Waals surface area contributed by atoms with Crippen LogP contribution in [-0.2, 0) is 0 Å². The zero-order valence-corrected chi connectivity index (χ0v) is 17.9. The third-order valence-corrected chi connectivity index (χ3v) is 6.30. The Hall–Kier alpha value is -2.81. The van der Waals surface area contributed by atoms with E-state index in [0.717, 1.165) is 25.1 Å². The van der Waals surface area contributed by atoms with E-state index in [4.69, 9.17) is 11.6 Å². The summed E-state index contributed by atoms with van der Waals surface area (Å²) in [6.07, 6.45) is 1.32. The molecule has 0 spiro atoms. The molecule has 1 aromatic carbocycles. The summed E-state index contributed by atoms with van der Waals surface area (Å²) in [6, 6.07) is 6.45. The van der Waals surface area contributed by atoms with Gasteiger partial charge in [-0.05, 0) is 56.0 Å². The van der Waals surface area contributed by atoms with Crippen LogP contribution in [0.1, 0.15) is 48.0 Å². The third-order valence-electron chi connectivity index (χ3n) is 5.99. The first-order valence-corrected chi connectivity index (χ1v) is 10.8. The fourth-order valence-electron chi connectivity index (χ4n) is 4.23. The summed E-state index contributed by atoms with van der Waals surface area (Å²) in [4.78, 5) is 32.6. The minimum absolute atomic E-state index is 0.0356. The maximum absolute atomic E-state index is 13.6. The fourth-order valence-corrected chi connectivity index (χ4v) is 4.35. The molecule has 6 nitrogen and oxygen atoms in total. The highest BCUT2D eigenvalue weighted by Gasteiger charge is 2.37. The third kappa shape index (κ3) is 4.67. The van der Waals surface area contributed by atoms with Gasteiger partial charge in [-0.1, -0.05) is 11.6 Å². The average Bonchev–Trinajstić information content (AvgIpc) is 3.17. The van der Waals surface area contributed by atoms with Gasteiger partial charge in [0.1, 0.15) is 11.6 Å². The van der Waals surface area contributed by atoms with Crippen LogP contribution in [0.25, 0.3) is 0 Å². The molecule has 1 aliphatic heterocycles. The minimum Gasteiger partial charge on any atom is -0.349 e. The summed E-state index contributed by atoms with van der Waals surface area (Å²) in [6.45, 7) is 0.974. The first kappa shape index (κ1) is 22.4. The number of nitrogens with one attached hydrogen (secondary N) is 1. The summed E-state index contributed by atoms with van der Waals surface area (Å²) in [7, 11) is 0. The van der Waals surface area contributed by atoms with Gasteiger partial charge in [0.25, 0.3) is 12.3 Å². The largest absolute Gasteiger partial charge is 0.349 e. The number of benzene rings is 1. The van der Waals surface area contributed by atoms with Crippen LogP contribution in [0, 0.1) is 5.82 Å². The second-order valence-electron chi connectivity index (χ2n) is 7.99. The molecule has 4 rings (SSSR count). The molecule has 0 unspecified atom stereocenters. The Bertz CT molecular complexity index is 997. The predicted octanol–water partition coefficient (Wildman–Crippen LogP) is 4.79. The van der Waals surface area contributed by atoms with E-state index in [-0.39, 0.29) is 40.2 Å². The van der Waals surface area contributed by atoms with Crippen molar-refractivity contribution in [3.05, 3.63) is 58.5 Å². The van der Waals surface area contributed by atoms with Gasteiger partial charge in [-0.3, -0.25) is 9.69 Å². The highest BCUT2D eigenvalue weighted by atomic mass is 35.5. The number of rotatable bonds is 5. The van der Waals surface area contributed by atoms with Crippen molar-refractivity contribution in [2.75, 3.05) is 18.0 Å². The zero-order chi connectivity index (χ0) is 22.8. The topological polar surface area (TPSA) is 65.5 Å². The molecule has 10 heteroatoms. The van der Waals surface area contributed by atoms with Crippen LogP contribution in [0.5, 0.6) is 0 Å². The highest BCUT2D eigenvalue weighted by molar-refractivity contribution is 6.30. The number of amides is 3. The summed E-state index contributed by atoms with van der Waals surface area (Å²) < 4.78 is 39.0. The first-order valence-electron chi connectivity index (χ1n) is 10.4. The second-order valence-corrected chi connectivity index (χ2v) is 8.39. The lowest BCUT2D eigenvalue weighted by Gasteiger charge is -2.34. The summed E-state index contributed by atoms with van der Waals surface area (Å²) in [5, 5.41) is 2.88. The lowest BCUT2D eigenvalue weighted by Crippen LogP contribution is -2.45. The van der Waals surface area contributed by atoms with Crippen LogP contribution in [0.2, 0.25) is 5.02 Å². The Morgan fingerprint density at radius 1 is 1.12 bits per heavy atom. The molecule has 0 radical (unpaired) electrons. The molecule has 0 bridgehead atoms. The Balaban J connectivity index is 1.31. The summed E-state index contributed by atoms with van der Waals surface area (Å²) >= 11 is 5.66. The first-order chi connectivity index (χ1) is 15.3. The van der Waals surface area contributed by atoms with E-state index >= 15 is 0 Å². The maximum Gasteiger partial charge on any atom is 0.326 e. The van der Waals surface area contributed by atoms with Gasteiger partial charge in [0.05, 0.1) is 5.02 Å². The standard InChI is InChI=1S/C22H22ClF3N4O2/c23-17-7-1-13(11-18(17)24)21(31)28-15-3-5-16(6-4-15)29-9-10-30(22(29)32)19-8-2-14(12-27-19)20(25)26/h1-2,7-8,11-12,15-16,20H,3-6,9-10H2,(H,28,31). The summed E-state index contributed by atoms with van der Waals surface area (Å²) in [5.41, 5.74) is 0.0312. The van der Waals surface area contributed by atoms with Crippen molar-refractivity contribution >= 4 is 29.4 Å². The van der Waals surface area contributed by atoms with Crippen molar-refractivity contribution in [1.29, 1.82) is 0 Å². The number of hydrogen-bond acceptors (Lipinski definition) is 3. The highest BCUT2D eigenvalue weighted by Crippen LogP contribution is 2.29. The zero-order valence-electron chi connectivity index (χ0n) is 17.1. The molecule has 170 valence electrons. The van der Waals surface area contributed by atoms with Crippen molar-refractivity contribution in [2.45, 2.75) is 44.2 Å². The number of nitrogens with zero attached hydrogens (tertiary/aromatic N) is 3. The quantitative estimate of drug-likeness (QED) is 0.688. The summed E-state index contributed by atoms with van der Waals surface area (Å²) in [5.74, 6) is -0.637. The van der Waals surface area contributed by atoms with Crippen molar-refractivity contribution < 1.29 is 22.8 Å². The number of anilines is 1. The van der Waals surface area contributed by atoms with Crippen LogP contribution in [-0.4, -0.2) is 47.0 Å². The van der Waals surface area contributed by atoms with Gasteiger partial charge < -0.3 is 10.2 Å². The molecule has 32 heavy (non-hydrogen) atoms. The Labute approximate surface area is 188 Å². The lowest BCUT2D eigenvalue weighted by atomic mass is 9.90. The van der Waals surface area contributed by atoms with Crippen LogP contribution >= 0.6 is 11.6 Å². The fraction of sp³-hybridized carbons (Fsp3) is 0.409. The van der Waals surface area contributed by atoms with E-state index in [9.17, 15) is 22.8 Å². The van der Waals surface area contributed by atoms with Crippen molar-refractivity contribution in [1.82, 2.24) is 15.2 Å². The molecule has 1 saturated carbocycles. The van der Waals surface area contributed by atoms with Gasteiger partial charge in [-0.2, -0.15) is 0 Å². The number of pyridine rings is 1. The number of carbonyl (C=O) groups excluding carboxylic acids is 2. The van der Waals surface area contributed by atoms with E-state index in [1.807, 2.05) is 0 Å². The van der Waals surface area contributed by atoms with E-state index in [2.05, 4.69) is 10.3 Å². The molecule has 1 saturated heterocycles. The number of alkyl halides is 2. The molecular weight excluding hydrogens is 445 g/mol. The molecular formula is C22H22ClF3N4O2. The van der Waals surface area contributed by atoms with Gasteiger partial charge in [0.15, 0.2) is 0 Å². The SMILES string of the molecule is O=C(NC1CCC(N2CCN(c3ccc(C(F)F)cn3)C2=O)CC1)c1ccc(Cl)c(F)c1. The number of halogens is 4. The van der Waals surface area contributed by atoms with Gasteiger partial charge in [-0.25, -0.2) is 22.9 Å². The predicted molar refractivity (Wildman–Crippen MR) is 114 cm³/mol. The van der Waals surface area contributed by atoms with Crippen LogP contribution in [0.15, 0.2) is 36.5 Å². The van der Waals surface area contributed by atoms with Crippen molar-refractivity contribution in [3.8, 4) is 0 Å². The molecule has 0 atom stereocenters. The van der Waals surface area contributed by atoms with Gasteiger partial charge >= 0.3 is 6.03 Å². The molecule has 2 fully saturated rings. The average molecular weight is 467 g/mol. The van der Waals surface area contributed by atoms with Gasteiger partial charge in [0.2, 0.25) is 0 Å². The molecule has 3 amide bonds. The second kappa shape index (κ2) is 9.36. The molecule has 1 aromatic heterocycles. The van der Waals surface area contributed by atoms with E-state index in [0.29, 0.717) is 31.7 Å². The van der Waals surface area contributed by atoms with Crippen molar-refractivity contribution in [3.63, 3.8) is 0 Å². The molecule has 2 heterocycles. The van der Waals surface area contributed by atoms with E-state index in [1.165, 1.54) is 29.2 Å². The maximum atomic E-state index is 13.6. The van der Waals surface area contributed by atoms with Crippen LogP contribution in [0.4, 0.5) is 23.8 Å². The molecule has 2 aromatic rings. The monoisotopic (exact) mass is 466 g/mol. The minimum atomic E-state index is -2.60. The number of hydrogen-bond donors (Lipinski definition) is 1. The van der Waals surface area contributed by atoms with Gasteiger partial charge in [0, 0.05) is 42.5 Å². The Morgan fingerprint density at radius 3 is 2.50 bits per heavy atom. The van der Waals surface area contributed by atoms with Crippen LogP contribution < -0.4 is 10.2 Å². The Morgan fingerprint density at radius 2 is 1.88 bits per heavy atom. The molecule has 1 N–H and O–H groups in total. The number of urea groups is 1. The van der Waals surface area contributed by atoms with Gasteiger partial charge in [-0.15, -0.1) is 0 Å². The number of carbonyl (C=O) groups is 2. The Kier molecular flexibility index (Phi) is 6.55. The van der Waals surface area contributed by atoms with Crippen molar-refractivity contribution in [2.24, 2.45) is 0 Å². The smallest absolute Gasteiger partial charge is 0.326 e. The molecule has 1 aliphatic carbocycles. The molecule has 2 aliphatic rings. The number of aromatic nitrogens is 1. The lowest BCUT2D eigenvalue weighted by molar-refractivity contribution is 0.0914.